The van der Waals surface area contributed by atoms with E-state index in [1.807, 2.05) is 0 Å². The summed E-state index contributed by atoms with van der Waals surface area (Å²) < 4.78 is 54.1. The standard InChI is InChI=1S/C17H12F2N2O4S/c18-13-8-14(19)16(7-12(13)17(22)23)26(24,25)21-9-10-3-4-15-11(6-10)2-1-5-20-15/h1-8,21H,9H2,(H,22,23). The van der Waals surface area contributed by atoms with Crippen molar-refractivity contribution >= 4 is 26.9 Å². The molecule has 0 unspecified atom stereocenters. The van der Waals surface area contributed by atoms with Crippen LogP contribution in [-0.2, 0) is 16.6 Å². The Morgan fingerprint density at radius 2 is 1.88 bits per heavy atom. The Hall–Kier alpha value is -2.91. The van der Waals surface area contributed by atoms with Gasteiger partial charge in [0.15, 0.2) is 0 Å². The molecule has 6 nitrogen and oxygen atoms in total. The topological polar surface area (TPSA) is 96.4 Å². The van der Waals surface area contributed by atoms with Crippen molar-refractivity contribution in [2.45, 2.75) is 11.4 Å². The summed E-state index contributed by atoms with van der Waals surface area (Å²) in [5.41, 5.74) is 0.397. The summed E-state index contributed by atoms with van der Waals surface area (Å²) in [6, 6.07) is 9.31. The van der Waals surface area contributed by atoms with Crippen molar-refractivity contribution in [3.63, 3.8) is 0 Å². The van der Waals surface area contributed by atoms with Gasteiger partial charge in [-0.3, -0.25) is 4.98 Å². The lowest BCUT2D eigenvalue weighted by atomic mass is 10.1. The molecule has 0 fully saturated rings. The van der Waals surface area contributed by atoms with Crippen molar-refractivity contribution in [3.8, 4) is 0 Å². The number of aromatic nitrogens is 1. The molecule has 3 aromatic rings. The maximum atomic E-state index is 13.9. The molecule has 0 bridgehead atoms. The molecule has 0 aliphatic rings. The van der Waals surface area contributed by atoms with Crippen molar-refractivity contribution in [2.75, 3.05) is 0 Å². The number of sulfonamides is 1. The maximum absolute atomic E-state index is 13.9. The first kappa shape index (κ1) is 17.9. The van der Waals surface area contributed by atoms with Gasteiger partial charge in [-0.2, -0.15) is 0 Å². The molecule has 0 radical (unpaired) electrons. The van der Waals surface area contributed by atoms with E-state index in [0.717, 1.165) is 10.9 Å². The number of fused-ring (bicyclic) bond motifs is 1. The second kappa shape index (κ2) is 6.77. The molecule has 0 saturated carbocycles. The van der Waals surface area contributed by atoms with E-state index >= 15 is 0 Å². The van der Waals surface area contributed by atoms with E-state index in [2.05, 4.69) is 9.71 Å². The molecule has 0 aliphatic heterocycles. The number of hydrogen-bond donors (Lipinski definition) is 2. The normalized spacial score (nSPS) is 11.6. The number of carbonyl (C=O) groups is 1. The Balaban J connectivity index is 1.89. The van der Waals surface area contributed by atoms with Crippen molar-refractivity contribution in [2.24, 2.45) is 0 Å². The van der Waals surface area contributed by atoms with Gasteiger partial charge in [-0.1, -0.05) is 12.1 Å². The smallest absolute Gasteiger partial charge is 0.338 e. The highest BCUT2D eigenvalue weighted by Crippen LogP contribution is 2.20. The molecule has 9 heteroatoms. The van der Waals surface area contributed by atoms with E-state index in [0.29, 0.717) is 11.6 Å². The zero-order valence-corrected chi connectivity index (χ0v) is 13.9. The molecule has 0 spiro atoms. The molecule has 3 rings (SSSR count). The number of rotatable bonds is 5. The highest BCUT2D eigenvalue weighted by molar-refractivity contribution is 7.89. The molecule has 0 saturated heterocycles. The number of halogens is 2. The van der Waals surface area contributed by atoms with Crippen LogP contribution in [0.3, 0.4) is 0 Å². The Labute approximate surface area is 147 Å². The Bertz CT molecular complexity index is 1120. The predicted molar refractivity (Wildman–Crippen MR) is 89.1 cm³/mol. The van der Waals surface area contributed by atoms with E-state index in [1.54, 1.807) is 36.5 Å². The maximum Gasteiger partial charge on any atom is 0.338 e. The lowest BCUT2D eigenvalue weighted by molar-refractivity contribution is 0.0691. The minimum Gasteiger partial charge on any atom is -0.478 e. The number of nitrogens with one attached hydrogen (secondary N) is 1. The SMILES string of the molecule is O=C(O)c1cc(S(=O)(=O)NCc2ccc3ncccc3c2)c(F)cc1F. The fourth-order valence-corrected chi connectivity index (χ4v) is 3.49. The number of hydrogen-bond acceptors (Lipinski definition) is 4. The summed E-state index contributed by atoms with van der Waals surface area (Å²) in [4.78, 5) is 14.1. The van der Waals surface area contributed by atoms with E-state index in [9.17, 15) is 22.0 Å². The lowest BCUT2D eigenvalue weighted by Gasteiger charge is -2.10. The second-order valence-corrected chi connectivity index (χ2v) is 7.16. The summed E-state index contributed by atoms with van der Waals surface area (Å²) >= 11 is 0. The van der Waals surface area contributed by atoms with Crippen LogP contribution in [0.4, 0.5) is 8.78 Å². The van der Waals surface area contributed by atoms with Gasteiger partial charge in [0.1, 0.15) is 16.5 Å². The van der Waals surface area contributed by atoms with Crippen molar-refractivity contribution in [3.05, 3.63) is 71.4 Å². The first-order valence-corrected chi connectivity index (χ1v) is 8.82. The molecule has 2 N–H and O–H groups in total. The van der Waals surface area contributed by atoms with E-state index in [4.69, 9.17) is 5.11 Å². The highest BCUT2D eigenvalue weighted by Gasteiger charge is 2.24. The quantitative estimate of drug-likeness (QED) is 0.712. The number of nitrogens with zero attached hydrogens (tertiary/aromatic N) is 1. The highest BCUT2D eigenvalue weighted by atomic mass is 32.2. The van der Waals surface area contributed by atoms with Crippen molar-refractivity contribution in [1.29, 1.82) is 0 Å². The average molecular weight is 378 g/mol. The van der Waals surface area contributed by atoms with Gasteiger partial charge in [0.25, 0.3) is 0 Å². The third-order valence-electron chi connectivity index (χ3n) is 3.68. The molecule has 1 heterocycles. The molecule has 134 valence electrons. The van der Waals surface area contributed by atoms with Gasteiger partial charge in [-0.05, 0) is 29.8 Å². The van der Waals surface area contributed by atoms with Gasteiger partial charge in [-0.25, -0.2) is 26.7 Å². The fourth-order valence-electron chi connectivity index (χ4n) is 2.39. The summed E-state index contributed by atoms with van der Waals surface area (Å²) in [5.74, 6) is -4.42. The molecular weight excluding hydrogens is 366 g/mol. The van der Waals surface area contributed by atoms with Gasteiger partial charge in [0.2, 0.25) is 10.0 Å². The van der Waals surface area contributed by atoms with Crippen molar-refractivity contribution < 1.29 is 27.1 Å². The molecule has 2 aromatic carbocycles. The van der Waals surface area contributed by atoms with E-state index in [-0.39, 0.29) is 12.6 Å². The van der Waals surface area contributed by atoms with Crippen LogP contribution in [0.25, 0.3) is 10.9 Å². The Morgan fingerprint density at radius 3 is 2.62 bits per heavy atom. The first-order valence-electron chi connectivity index (χ1n) is 7.33. The zero-order chi connectivity index (χ0) is 18.9. The molecule has 0 atom stereocenters. The van der Waals surface area contributed by atoms with E-state index < -0.39 is 38.1 Å². The summed E-state index contributed by atoms with van der Waals surface area (Å²) in [6.45, 7) is -0.160. The Morgan fingerprint density at radius 1 is 1.12 bits per heavy atom. The minimum atomic E-state index is -4.39. The molecule has 1 aromatic heterocycles. The van der Waals surface area contributed by atoms with Crippen molar-refractivity contribution in [1.82, 2.24) is 9.71 Å². The lowest BCUT2D eigenvalue weighted by Crippen LogP contribution is -2.25. The van der Waals surface area contributed by atoms with Gasteiger partial charge in [0, 0.05) is 24.2 Å². The molecule has 0 aliphatic carbocycles. The van der Waals surface area contributed by atoms with Crippen LogP contribution in [0.2, 0.25) is 0 Å². The van der Waals surface area contributed by atoms with Gasteiger partial charge in [0.05, 0.1) is 11.1 Å². The monoisotopic (exact) mass is 378 g/mol. The van der Waals surface area contributed by atoms with Gasteiger partial charge >= 0.3 is 5.97 Å². The Kier molecular flexibility index (Phi) is 4.66. The van der Waals surface area contributed by atoms with Crippen LogP contribution in [0, 0.1) is 11.6 Å². The van der Waals surface area contributed by atoms with Crippen LogP contribution >= 0.6 is 0 Å². The largest absolute Gasteiger partial charge is 0.478 e. The second-order valence-electron chi connectivity index (χ2n) is 5.42. The summed E-state index contributed by atoms with van der Waals surface area (Å²) in [6.07, 6.45) is 1.63. The van der Waals surface area contributed by atoms with Crippen LogP contribution in [0.1, 0.15) is 15.9 Å². The first-order chi connectivity index (χ1) is 12.3. The number of pyridine rings is 1. The van der Waals surface area contributed by atoms with E-state index in [1.165, 1.54) is 0 Å². The fraction of sp³-hybridized carbons (Fsp3) is 0.0588. The summed E-state index contributed by atoms with van der Waals surface area (Å²) in [5, 5.41) is 9.67. The van der Waals surface area contributed by atoms with Crippen LogP contribution in [-0.4, -0.2) is 24.5 Å². The molecular formula is C17H12F2N2O4S. The third-order valence-corrected chi connectivity index (χ3v) is 5.09. The number of benzene rings is 2. The minimum absolute atomic E-state index is 0.160. The van der Waals surface area contributed by atoms with Crippen LogP contribution in [0.5, 0.6) is 0 Å². The van der Waals surface area contributed by atoms with Crippen LogP contribution in [0.15, 0.2) is 53.6 Å². The number of carboxylic acids is 1. The number of carboxylic acid groups (broad SMARTS) is 1. The zero-order valence-electron chi connectivity index (χ0n) is 13.1. The van der Waals surface area contributed by atoms with Gasteiger partial charge in [-0.15, -0.1) is 0 Å². The molecule has 0 amide bonds. The molecule has 26 heavy (non-hydrogen) atoms. The van der Waals surface area contributed by atoms with Crippen LogP contribution < -0.4 is 4.72 Å². The predicted octanol–water partition coefficient (Wildman–Crippen LogP) is 2.69. The number of aromatic carboxylic acids is 1. The average Bonchev–Trinajstić information content (AvgIpc) is 2.59. The van der Waals surface area contributed by atoms with Gasteiger partial charge < -0.3 is 5.11 Å². The third kappa shape index (κ3) is 3.53. The summed E-state index contributed by atoms with van der Waals surface area (Å²) in [7, 11) is -4.39.